The monoisotopic (exact) mass is 494 g/mol. The fourth-order valence-electron chi connectivity index (χ4n) is 4.05. The number of anilines is 1. The van der Waals surface area contributed by atoms with Gasteiger partial charge in [-0.05, 0) is 49.2 Å². The number of carbonyl (C=O) groups excluding carboxylic acids is 1. The van der Waals surface area contributed by atoms with Crippen LogP contribution in [0.15, 0.2) is 53.4 Å². The number of carbonyl (C=O) groups is 1. The molecule has 0 bridgehead atoms. The third kappa shape index (κ3) is 5.35. The topological polar surface area (TPSA) is 75.7 Å². The average Bonchev–Trinajstić information content (AvgIpc) is 2.82. The van der Waals surface area contributed by atoms with Crippen LogP contribution in [0.2, 0.25) is 5.02 Å². The van der Waals surface area contributed by atoms with Crippen LogP contribution >= 0.6 is 23.4 Å². The van der Waals surface area contributed by atoms with Gasteiger partial charge >= 0.3 is 0 Å². The van der Waals surface area contributed by atoms with E-state index in [1.54, 1.807) is 24.3 Å². The molecule has 2 aromatic rings. The van der Waals surface area contributed by atoms with E-state index in [0.717, 1.165) is 5.75 Å². The summed E-state index contributed by atoms with van der Waals surface area (Å²) < 4.78 is 33.8. The van der Waals surface area contributed by atoms with Gasteiger partial charge in [0.1, 0.15) is 5.75 Å². The van der Waals surface area contributed by atoms with E-state index in [0.29, 0.717) is 28.3 Å². The number of halogens is 1. The zero-order valence-electron chi connectivity index (χ0n) is 17.7. The van der Waals surface area contributed by atoms with Crippen LogP contribution in [-0.4, -0.2) is 44.5 Å². The van der Waals surface area contributed by atoms with Gasteiger partial charge in [-0.2, -0.15) is 11.8 Å². The third-order valence-electron chi connectivity index (χ3n) is 5.74. The van der Waals surface area contributed by atoms with Crippen molar-refractivity contribution < 1.29 is 17.9 Å². The maximum atomic E-state index is 13.4. The number of rotatable bonds is 7. The number of ether oxygens (including phenoxy) is 1. The lowest BCUT2D eigenvalue weighted by molar-refractivity contribution is -0.127. The number of benzene rings is 2. The Morgan fingerprint density at radius 1 is 1.09 bits per heavy atom. The molecule has 1 aliphatic heterocycles. The molecule has 1 amide bonds. The molecule has 4 rings (SSSR count). The SMILES string of the molecule is O=C(NCCSC1CCCCC1)C1CN(S(=O)(=O)c2ccc(Cl)cc2)c2ccccc2O1. The molecule has 1 heterocycles. The number of nitrogens with one attached hydrogen (secondary N) is 1. The number of nitrogens with zero attached hydrogens (tertiary/aromatic N) is 1. The predicted octanol–water partition coefficient (Wildman–Crippen LogP) is 4.48. The number of hydrogen-bond acceptors (Lipinski definition) is 5. The van der Waals surface area contributed by atoms with Crippen molar-refractivity contribution in [1.29, 1.82) is 0 Å². The first kappa shape index (κ1) is 23.3. The molecule has 1 unspecified atom stereocenters. The second-order valence-electron chi connectivity index (χ2n) is 7.99. The minimum Gasteiger partial charge on any atom is -0.476 e. The van der Waals surface area contributed by atoms with E-state index in [1.807, 2.05) is 11.8 Å². The maximum Gasteiger partial charge on any atom is 0.264 e. The summed E-state index contributed by atoms with van der Waals surface area (Å²) in [6.45, 7) is 0.439. The van der Waals surface area contributed by atoms with E-state index >= 15 is 0 Å². The largest absolute Gasteiger partial charge is 0.476 e. The highest BCUT2D eigenvalue weighted by Gasteiger charge is 2.37. The quantitative estimate of drug-likeness (QED) is 0.574. The van der Waals surface area contributed by atoms with Crippen molar-refractivity contribution >= 4 is 45.0 Å². The van der Waals surface area contributed by atoms with Gasteiger partial charge in [0, 0.05) is 22.6 Å². The Labute approximate surface area is 198 Å². The van der Waals surface area contributed by atoms with Gasteiger partial charge in [0.25, 0.3) is 15.9 Å². The summed E-state index contributed by atoms with van der Waals surface area (Å²) in [6, 6.07) is 12.9. The van der Waals surface area contributed by atoms with Crippen molar-refractivity contribution in [2.45, 2.75) is 48.4 Å². The molecule has 2 aliphatic rings. The molecule has 0 aromatic heterocycles. The smallest absolute Gasteiger partial charge is 0.264 e. The zero-order chi connectivity index (χ0) is 22.6. The molecule has 0 saturated heterocycles. The number of fused-ring (bicyclic) bond motifs is 1. The molecule has 32 heavy (non-hydrogen) atoms. The second-order valence-corrected chi connectivity index (χ2v) is 11.7. The molecule has 1 fully saturated rings. The Morgan fingerprint density at radius 2 is 1.81 bits per heavy atom. The standard InChI is InChI=1S/C23H27ClN2O4S2/c24-17-10-12-19(13-11-17)32(28,29)26-16-22(30-21-9-5-4-8-20(21)26)23(27)25-14-15-31-18-6-2-1-3-7-18/h4-5,8-13,18,22H,1-3,6-7,14-16H2,(H,25,27). The first-order valence-corrected chi connectivity index (χ1v) is 13.7. The first-order chi connectivity index (χ1) is 15.4. The van der Waals surface area contributed by atoms with Crippen molar-refractivity contribution in [1.82, 2.24) is 5.32 Å². The first-order valence-electron chi connectivity index (χ1n) is 10.9. The summed E-state index contributed by atoms with van der Waals surface area (Å²) in [6.07, 6.45) is 5.47. The second kappa shape index (κ2) is 10.4. The van der Waals surface area contributed by atoms with E-state index in [2.05, 4.69) is 5.32 Å². The van der Waals surface area contributed by atoms with E-state index in [4.69, 9.17) is 16.3 Å². The summed E-state index contributed by atoms with van der Waals surface area (Å²) in [7, 11) is -3.89. The van der Waals surface area contributed by atoms with E-state index in [1.165, 1.54) is 60.7 Å². The lowest BCUT2D eigenvalue weighted by Gasteiger charge is -2.34. The molecule has 1 N–H and O–H groups in total. The minimum atomic E-state index is -3.89. The van der Waals surface area contributed by atoms with Crippen LogP contribution in [0.25, 0.3) is 0 Å². The molecular formula is C23H27ClN2O4S2. The number of sulfonamides is 1. The van der Waals surface area contributed by atoms with Gasteiger partial charge in [-0.15, -0.1) is 0 Å². The number of amides is 1. The van der Waals surface area contributed by atoms with Crippen LogP contribution in [0.1, 0.15) is 32.1 Å². The van der Waals surface area contributed by atoms with Gasteiger partial charge in [-0.25, -0.2) is 8.42 Å². The summed E-state index contributed by atoms with van der Waals surface area (Å²) >= 11 is 7.83. The summed E-state index contributed by atoms with van der Waals surface area (Å²) in [4.78, 5) is 12.9. The highest BCUT2D eigenvalue weighted by atomic mass is 35.5. The molecule has 1 atom stereocenters. The normalized spacial score (nSPS) is 19.2. The van der Waals surface area contributed by atoms with Crippen molar-refractivity contribution in [3.8, 4) is 5.75 Å². The van der Waals surface area contributed by atoms with Crippen LogP contribution in [-0.2, 0) is 14.8 Å². The van der Waals surface area contributed by atoms with Gasteiger partial charge in [0.15, 0.2) is 6.10 Å². The Morgan fingerprint density at radius 3 is 2.56 bits per heavy atom. The molecule has 6 nitrogen and oxygen atoms in total. The number of hydrogen-bond donors (Lipinski definition) is 1. The van der Waals surface area contributed by atoms with Crippen molar-refractivity contribution in [3.63, 3.8) is 0 Å². The Balaban J connectivity index is 1.44. The lowest BCUT2D eigenvalue weighted by Crippen LogP contribution is -2.51. The Kier molecular flexibility index (Phi) is 7.53. The van der Waals surface area contributed by atoms with Gasteiger partial charge in [-0.3, -0.25) is 9.10 Å². The van der Waals surface area contributed by atoms with Crippen LogP contribution in [0.3, 0.4) is 0 Å². The van der Waals surface area contributed by atoms with Gasteiger partial charge in [0.2, 0.25) is 0 Å². The molecule has 0 spiro atoms. The van der Waals surface area contributed by atoms with Gasteiger partial charge in [0.05, 0.1) is 17.1 Å². The highest BCUT2D eigenvalue weighted by molar-refractivity contribution is 7.99. The molecular weight excluding hydrogens is 468 g/mol. The fourth-order valence-corrected chi connectivity index (χ4v) is 6.87. The van der Waals surface area contributed by atoms with Crippen molar-refractivity contribution in [2.24, 2.45) is 0 Å². The number of para-hydroxylation sites is 2. The van der Waals surface area contributed by atoms with Crippen LogP contribution in [0, 0.1) is 0 Å². The van der Waals surface area contributed by atoms with Crippen molar-refractivity contribution in [3.05, 3.63) is 53.6 Å². The average molecular weight is 495 g/mol. The fraction of sp³-hybridized carbons (Fsp3) is 0.435. The zero-order valence-corrected chi connectivity index (χ0v) is 20.1. The Hall–Kier alpha value is -1.90. The lowest BCUT2D eigenvalue weighted by atomic mass is 10.0. The molecule has 0 radical (unpaired) electrons. The van der Waals surface area contributed by atoms with Crippen LogP contribution in [0.5, 0.6) is 5.75 Å². The molecule has 1 aliphatic carbocycles. The van der Waals surface area contributed by atoms with Crippen LogP contribution < -0.4 is 14.4 Å². The summed E-state index contributed by atoms with van der Waals surface area (Å²) in [5, 5.41) is 4.05. The summed E-state index contributed by atoms with van der Waals surface area (Å²) in [5.41, 5.74) is 0.416. The highest BCUT2D eigenvalue weighted by Crippen LogP contribution is 2.37. The third-order valence-corrected chi connectivity index (χ3v) is 9.16. The minimum absolute atomic E-state index is 0.0937. The van der Waals surface area contributed by atoms with Crippen molar-refractivity contribution in [2.75, 3.05) is 23.1 Å². The molecule has 172 valence electrons. The van der Waals surface area contributed by atoms with Gasteiger partial charge in [-0.1, -0.05) is 43.0 Å². The molecule has 1 saturated carbocycles. The molecule has 2 aromatic carbocycles. The molecule has 9 heteroatoms. The van der Waals surface area contributed by atoms with E-state index < -0.39 is 16.1 Å². The predicted molar refractivity (Wildman–Crippen MR) is 129 cm³/mol. The van der Waals surface area contributed by atoms with E-state index in [-0.39, 0.29) is 17.3 Å². The number of thioether (sulfide) groups is 1. The Bertz CT molecular complexity index is 1040. The van der Waals surface area contributed by atoms with E-state index in [9.17, 15) is 13.2 Å². The van der Waals surface area contributed by atoms with Crippen LogP contribution in [0.4, 0.5) is 5.69 Å². The maximum absolute atomic E-state index is 13.4. The summed E-state index contributed by atoms with van der Waals surface area (Å²) in [5.74, 6) is 0.903. The van der Waals surface area contributed by atoms with Gasteiger partial charge < -0.3 is 10.1 Å².